The van der Waals surface area contributed by atoms with E-state index in [1.807, 2.05) is 12.1 Å². The highest BCUT2D eigenvalue weighted by molar-refractivity contribution is 5.79. The molecule has 0 bridgehead atoms. The maximum atomic E-state index is 14.2. The zero-order valence-corrected chi connectivity index (χ0v) is 12.6. The summed E-state index contributed by atoms with van der Waals surface area (Å²) in [6.45, 7) is 2.88. The van der Waals surface area contributed by atoms with E-state index in [1.54, 1.807) is 13.1 Å². The van der Waals surface area contributed by atoms with Gasteiger partial charge < -0.3 is 5.32 Å². The van der Waals surface area contributed by atoms with Gasteiger partial charge in [-0.25, -0.2) is 4.39 Å². The minimum absolute atomic E-state index is 0.0946. The van der Waals surface area contributed by atoms with Crippen LogP contribution in [-0.4, -0.2) is 30.9 Å². The van der Waals surface area contributed by atoms with Crippen molar-refractivity contribution in [2.24, 2.45) is 5.92 Å². The molecule has 1 aliphatic carbocycles. The topological polar surface area (TPSA) is 32.3 Å². The summed E-state index contributed by atoms with van der Waals surface area (Å²) in [4.78, 5) is 13.8. The van der Waals surface area contributed by atoms with Gasteiger partial charge in [0.2, 0.25) is 5.91 Å². The molecule has 114 valence electrons. The molecule has 21 heavy (non-hydrogen) atoms. The summed E-state index contributed by atoms with van der Waals surface area (Å²) in [5.74, 6) is 0.454. The number of hydrogen-bond acceptors (Lipinski definition) is 2. The Morgan fingerprint density at radius 3 is 2.67 bits per heavy atom. The molecule has 0 spiro atoms. The van der Waals surface area contributed by atoms with Crippen molar-refractivity contribution in [2.75, 3.05) is 20.1 Å². The smallest absolute Gasteiger partial charge is 0.222 e. The van der Waals surface area contributed by atoms with Gasteiger partial charge in [0.25, 0.3) is 0 Å². The van der Waals surface area contributed by atoms with E-state index in [0.29, 0.717) is 5.92 Å². The Balaban J connectivity index is 1.61. The highest BCUT2D eigenvalue weighted by Crippen LogP contribution is 2.42. The summed E-state index contributed by atoms with van der Waals surface area (Å²) in [6, 6.07) is 5.64. The lowest BCUT2D eigenvalue weighted by molar-refractivity contribution is -0.127. The SMILES string of the molecule is CNC(=O)[C@H]1C[C@H](c2ccc(CN3CCCC3)c(F)c2)C1. The summed E-state index contributed by atoms with van der Waals surface area (Å²) >= 11 is 0. The van der Waals surface area contributed by atoms with Gasteiger partial charge in [-0.05, 0) is 56.3 Å². The molecule has 4 heteroatoms. The summed E-state index contributed by atoms with van der Waals surface area (Å²) in [7, 11) is 1.67. The zero-order chi connectivity index (χ0) is 14.8. The molecule has 3 nitrogen and oxygen atoms in total. The van der Waals surface area contributed by atoms with Crippen molar-refractivity contribution in [3.8, 4) is 0 Å². The Bertz CT molecular complexity index is 520. The van der Waals surface area contributed by atoms with Gasteiger partial charge in [0.15, 0.2) is 0 Å². The molecule has 0 atom stereocenters. The Labute approximate surface area is 125 Å². The summed E-state index contributed by atoms with van der Waals surface area (Å²) < 4.78 is 14.2. The largest absolute Gasteiger partial charge is 0.359 e. The molecule has 0 radical (unpaired) electrons. The second-order valence-corrected chi connectivity index (χ2v) is 6.31. The van der Waals surface area contributed by atoms with Crippen LogP contribution in [0.5, 0.6) is 0 Å². The number of amides is 1. The van der Waals surface area contributed by atoms with Gasteiger partial charge in [-0.15, -0.1) is 0 Å². The molecule has 0 aromatic heterocycles. The fourth-order valence-electron chi connectivity index (χ4n) is 3.44. The number of nitrogens with one attached hydrogen (secondary N) is 1. The van der Waals surface area contributed by atoms with Crippen molar-refractivity contribution in [1.82, 2.24) is 10.2 Å². The van der Waals surface area contributed by atoms with Gasteiger partial charge >= 0.3 is 0 Å². The van der Waals surface area contributed by atoms with Crippen molar-refractivity contribution in [1.29, 1.82) is 0 Å². The molecule has 1 amide bonds. The lowest BCUT2D eigenvalue weighted by Gasteiger charge is -2.34. The van der Waals surface area contributed by atoms with Crippen molar-refractivity contribution in [3.05, 3.63) is 35.1 Å². The molecular weight excluding hydrogens is 267 g/mol. The first kappa shape index (κ1) is 14.5. The number of halogens is 1. The number of carbonyl (C=O) groups is 1. The number of rotatable bonds is 4. The summed E-state index contributed by atoms with van der Waals surface area (Å²) in [5, 5.41) is 2.68. The van der Waals surface area contributed by atoms with E-state index in [9.17, 15) is 9.18 Å². The lowest BCUT2D eigenvalue weighted by Crippen LogP contribution is -2.36. The molecule has 1 saturated carbocycles. The minimum Gasteiger partial charge on any atom is -0.359 e. The molecule has 2 fully saturated rings. The van der Waals surface area contributed by atoms with Crippen LogP contribution in [-0.2, 0) is 11.3 Å². The molecule has 3 rings (SSSR count). The number of nitrogens with zero attached hydrogens (tertiary/aromatic N) is 1. The third-order valence-corrected chi connectivity index (χ3v) is 4.90. The normalized spacial score (nSPS) is 25.6. The van der Waals surface area contributed by atoms with Crippen molar-refractivity contribution < 1.29 is 9.18 Å². The molecular formula is C17H23FN2O. The molecule has 1 aliphatic heterocycles. The first-order chi connectivity index (χ1) is 10.2. The highest BCUT2D eigenvalue weighted by Gasteiger charge is 2.35. The zero-order valence-electron chi connectivity index (χ0n) is 12.6. The maximum absolute atomic E-state index is 14.2. The summed E-state index contributed by atoms with van der Waals surface area (Å²) in [5.41, 5.74) is 1.83. The fraction of sp³-hybridized carbons (Fsp3) is 0.588. The van der Waals surface area contributed by atoms with Gasteiger partial charge in [0, 0.05) is 25.1 Å². The van der Waals surface area contributed by atoms with E-state index < -0.39 is 0 Å². The van der Waals surface area contributed by atoms with E-state index in [-0.39, 0.29) is 17.6 Å². The van der Waals surface area contributed by atoms with Crippen LogP contribution in [0.15, 0.2) is 18.2 Å². The van der Waals surface area contributed by atoms with Gasteiger partial charge in [0.1, 0.15) is 5.82 Å². The third kappa shape index (κ3) is 3.10. The Morgan fingerprint density at radius 2 is 2.05 bits per heavy atom. The Hall–Kier alpha value is -1.42. The second kappa shape index (κ2) is 6.14. The molecule has 1 N–H and O–H groups in total. The van der Waals surface area contributed by atoms with Crippen LogP contribution >= 0.6 is 0 Å². The number of carbonyl (C=O) groups excluding carboxylic acids is 1. The molecule has 1 saturated heterocycles. The first-order valence-corrected chi connectivity index (χ1v) is 7.89. The van der Waals surface area contributed by atoms with E-state index in [4.69, 9.17) is 0 Å². The van der Waals surface area contributed by atoms with Gasteiger partial charge in [-0.1, -0.05) is 12.1 Å². The van der Waals surface area contributed by atoms with Crippen LogP contribution in [0, 0.1) is 11.7 Å². The predicted octanol–water partition coefficient (Wildman–Crippen LogP) is 2.66. The van der Waals surface area contributed by atoms with Crippen LogP contribution in [0.3, 0.4) is 0 Å². The lowest BCUT2D eigenvalue weighted by atomic mass is 9.71. The van der Waals surface area contributed by atoms with Crippen molar-refractivity contribution in [2.45, 2.75) is 38.1 Å². The average Bonchev–Trinajstić information content (AvgIpc) is 2.93. The van der Waals surface area contributed by atoms with E-state index in [2.05, 4.69) is 10.2 Å². The molecule has 1 aromatic rings. The first-order valence-electron chi connectivity index (χ1n) is 7.89. The molecule has 0 unspecified atom stereocenters. The predicted molar refractivity (Wildman–Crippen MR) is 80.4 cm³/mol. The monoisotopic (exact) mass is 290 g/mol. The third-order valence-electron chi connectivity index (χ3n) is 4.90. The van der Waals surface area contributed by atoms with E-state index in [0.717, 1.165) is 43.6 Å². The van der Waals surface area contributed by atoms with E-state index in [1.165, 1.54) is 12.8 Å². The summed E-state index contributed by atoms with van der Waals surface area (Å²) in [6.07, 6.45) is 4.13. The number of hydrogen-bond donors (Lipinski definition) is 1. The van der Waals surface area contributed by atoms with Crippen molar-refractivity contribution >= 4 is 5.91 Å². The Kier molecular flexibility index (Phi) is 4.24. The maximum Gasteiger partial charge on any atom is 0.222 e. The fourth-order valence-corrected chi connectivity index (χ4v) is 3.44. The number of benzene rings is 1. The van der Waals surface area contributed by atoms with Crippen LogP contribution in [0.4, 0.5) is 4.39 Å². The van der Waals surface area contributed by atoms with Crippen molar-refractivity contribution in [3.63, 3.8) is 0 Å². The van der Waals surface area contributed by atoms with Gasteiger partial charge in [-0.2, -0.15) is 0 Å². The van der Waals surface area contributed by atoms with E-state index >= 15 is 0 Å². The van der Waals surface area contributed by atoms with Gasteiger partial charge in [0.05, 0.1) is 0 Å². The Morgan fingerprint density at radius 1 is 1.33 bits per heavy atom. The molecule has 2 aliphatic rings. The number of likely N-dealkylation sites (tertiary alicyclic amines) is 1. The van der Waals surface area contributed by atoms with Crippen LogP contribution < -0.4 is 5.32 Å². The highest BCUT2D eigenvalue weighted by atomic mass is 19.1. The quantitative estimate of drug-likeness (QED) is 0.924. The van der Waals surface area contributed by atoms with Crippen LogP contribution in [0.2, 0.25) is 0 Å². The average molecular weight is 290 g/mol. The standard InChI is InChI=1S/C17H23FN2O/c1-19-17(21)15-8-14(9-15)12-4-5-13(16(18)10-12)11-20-6-2-3-7-20/h4-5,10,14-15H,2-3,6-9,11H2,1H3,(H,19,21)/t14-,15-. The molecule has 1 heterocycles. The minimum atomic E-state index is -0.0946. The van der Waals surface area contributed by atoms with Gasteiger partial charge in [-0.3, -0.25) is 9.69 Å². The second-order valence-electron chi connectivity index (χ2n) is 6.31. The van der Waals surface area contributed by atoms with Crippen LogP contribution in [0.1, 0.15) is 42.7 Å². The molecule has 1 aromatic carbocycles. The van der Waals surface area contributed by atoms with Crippen LogP contribution in [0.25, 0.3) is 0 Å².